The molecule has 1 aromatic carbocycles. The summed E-state index contributed by atoms with van der Waals surface area (Å²) in [6, 6.07) is 8.72. The van der Waals surface area contributed by atoms with E-state index in [0.717, 1.165) is 25.5 Å². The summed E-state index contributed by atoms with van der Waals surface area (Å²) in [6.45, 7) is 7.62. The summed E-state index contributed by atoms with van der Waals surface area (Å²) < 4.78 is 11.1. The minimum atomic E-state index is 0.488. The Morgan fingerprint density at radius 3 is 3.00 bits per heavy atom. The molecular formula is C15H23NO2. The number of benzene rings is 1. The molecule has 1 saturated heterocycles. The molecule has 0 spiro atoms. The molecular weight excluding hydrogens is 226 g/mol. The molecule has 2 unspecified atom stereocenters. The first-order valence-electron chi connectivity index (χ1n) is 6.83. The first-order valence-corrected chi connectivity index (χ1v) is 6.83. The number of nitrogens with one attached hydrogen (secondary N) is 1. The van der Waals surface area contributed by atoms with Gasteiger partial charge >= 0.3 is 0 Å². The molecule has 1 heterocycles. The summed E-state index contributed by atoms with van der Waals surface area (Å²) in [7, 11) is 0. The average Bonchev–Trinajstić information content (AvgIpc) is 2.92. The predicted molar refractivity (Wildman–Crippen MR) is 72.8 cm³/mol. The van der Waals surface area contributed by atoms with Crippen molar-refractivity contribution >= 4 is 0 Å². The van der Waals surface area contributed by atoms with Crippen molar-refractivity contribution < 1.29 is 9.47 Å². The summed E-state index contributed by atoms with van der Waals surface area (Å²) in [5.41, 5.74) is 1.23. The van der Waals surface area contributed by atoms with Gasteiger partial charge in [-0.3, -0.25) is 0 Å². The van der Waals surface area contributed by atoms with Crippen molar-refractivity contribution in [2.24, 2.45) is 5.92 Å². The molecule has 1 aromatic rings. The Bertz CT molecular complexity index is 361. The van der Waals surface area contributed by atoms with Crippen molar-refractivity contribution in [3.8, 4) is 5.75 Å². The monoisotopic (exact) mass is 249 g/mol. The third-order valence-corrected chi connectivity index (χ3v) is 3.56. The van der Waals surface area contributed by atoms with Crippen LogP contribution in [0.15, 0.2) is 24.3 Å². The minimum absolute atomic E-state index is 0.488. The quantitative estimate of drug-likeness (QED) is 0.840. The molecule has 2 rings (SSSR count). The zero-order valence-electron chi connectivity index (χ0n) is 11.3. The predicted octanol–water partition coefficient (Wildman–Crippen LogP) is 2.60. The lowest BCUT2D eigenvalue weighted by atomic mass is 10.0. The number of hydrogen-bond donors (Lipinski definition) is 1. The molecule has 0 amide bonds. The van der Waals surface area contributed by atoms with Crippen molar-refractivity contribution in [1.82, 2.24) is 5.32 Å². The van der Waals surface area contributed by atoms with Crippen LogP contribution in [0.1, 0.15) is 25.8 Å². The molecule has 2 atom stereocenters. The molecule has 1 N–H and O–H groups in total. The van der Waals surface area contributed by atoms with Crippen molar-refractivity contribution in [1.29, 1.82) is 0 Å². The first kappa shape index (κ1) is 13.4. The van der Waals surface area contributed by atoms with Gasteiger partial charge in [0.2, 0.25) is 0 Å². The van der Waals surface area contributed by atoms with Crippen LogP contribution in [-0.2, 0) is 11.3 Å². The van der Waals surface area contributed by atoms with E-state index in [-0.39, 0.29) is 0 Å². The van der Waals surface area contributed by atoms with E-state index in [9.17, 15) is 0 Å². The van der Waals surface area contributed by atoms with Crippen molar-refractivity contribution in [3.63, 3.8) is 0 Å². The Morgan fingerprint density at radius 2 is 2.28 bits per heavy atom. The van der Waals surface area contributed by atoms with Gasteiger partial charge in [-0.25, -0.2) is 0 Å². The van der Waals surface area contributed by atoms with Crippen LogP contribution in [0, 0.1) is 5.92 Å². The summed E-state index contributed by atoms with van der Waals surface area (Å²) in [6.07, 6.45) is 1.17. The topological polar surface area (TPSA) is 30.5 Å². The highest BCUT2D eigenvalue weighted by atomic mass is 16.5. The highest BCUT2D eigenvalue weighted by Crippen LogP contribution is 2.20. The number of para-hydroxylation sites is 1. The highest BCUT2D eigenvalue weighted by Gasteiger charge is 2.21. The van der Waals surface area contributed by atoms with Gasteiger partial charge in [0.25, 0.3) is 0 Å². The zero-order chi connectivity index (χ0) is 12.8. The maximum atomic E-state index is 5.63. The van der Waals surface area contributed by atoms with E-state index in [1.54, 1.807) is 0 Å². The number of hydrogen-bond acceptors (Lipinski definition) is 3. The van der Waals surface area contributed by atoms with Crippen molar-refractivity contribution in [2.45, 2.75) is 32.9 Å². The minimum Gasteiger partial charge on any atom is -0.494 e. The van der Waals surface area contributed by atoms with Crippen LogP contribution in [0.4, 0.5) is 0 Å². The fourth-order valence-electron chi connectivity index (χ4n) is 2.33. The van der Waals surface area contributed by atoms with Crippen LogP contribution in [0.2, 0.25) is 0 Å². The lowest BCUT2D eigenvalue weighted by Gasteiger charge is -2.20. The summed E-state index contributed by atoms with van der Waals surface area (Å²) in [5, 5.41) is 3.58. The largest absolute Gasteiger partial charge is 0.494 e. The Morgan fingerprint density at radius 1 is 1.44 bits per heavy atom. The van der Waals surface area contributed by atoms with Gasteiger partial charge in [0.05, 0.1) is 13.2 Å². The molecule has 0 bridgehead atoms. The SMILES string of the molecule is CCOc1ccccc1CNC(C)C1CCOC1. The van der Waals surface area contributed by atoms with Crippen LogP contribution >= 0.6 is 0 Å². The van der Waals surface area contributed by atoms with Gasteiger partial charge in [0.15, 0.2) is 0 Å². The molecule has 0 saturated carbocycles. The molecule has 1 aliphatic rings. The molecule has 1 fully saturated rings. The second-order valence-corrected chi connectivity index (χ2v) is 4.83. The van der Waals surface area contributed by atoms with Crippen LogP contribution in [0.5, 0.6) is 5.75 Å². The highest BCUT2D eigenvalue weighted by molar-refractivity contribution is 5.33. The van der Waals surface area contributed by atoms with E-state index in [4.69, 9.17) is 9.47 Å². The van der Waals surface area contributed by atoms with Gasteiger partial charge in [-0.05, 0) is 32.3 Å². The maximum absolute atomic E-state index is 5.63. The van der Waals surface area contributed by atoms with Gasteiger partial charge in [0, 0.05) is 24.8 Å². The Balaban J connectivity index is 1.88. The van der Waals surface area contributed by atoms with E-state index in [2.05, 4.69) is 24.4 Å². The second kappa shape index (κ2) is 6.76. The van der Waals surface area contributed by atoms with Crippen LogP contribution in [0.25, 0.3) is 0 Å². The Hall–Kier alpha value is -1.06. The van der Waals surface area contributed by atoms with Crippen LogP contribution in [-0.4, -0.2) is 25.9 Å². The molecule has 0 radical (unpaired) electrons. The molecule has 3 heteroatoms. The first-order chi connectivity index (χ1) is 8.81. The molecule has 1 aliphatic heterocycles. The van der Waals surface area contributed by atoms with Gasteiger partial charge in [-0.2, -0.15) is 0 Å². The van der Waals surface area contributed by atoms with E-state index >= 15 is 0 Å². The molecule has 3 nitrogen and oxygen atoms in total. The van der Waals surface area contributed by atoms with Crippen LogP contribution in [0.3, 0.4) is 0 Å². The normalized spacial score (nSPS) is 20.9. The Labute approximate surface area is 109 Å². The average molecular weight is 249 g/mol. The lowest BCUT2D eigenvalue weighted by Crippen LogP contribution is -2.33. The Kier molecular flexibility index (Phi) is 5.02. The third kappa shape index (κ3) is 3.47. The standard InChI is InChI=1S/C15H23NO2/c1-3-18-15-7-5-4-6-13(15)10-16-12(2)14-8-9-17-11-14/h4-7,12,14,16H,3,8-11H2,1-2H3. The second-order valence-electron chi connectivity index (χ2n) is 4.83. The summed E-state index contributed by atoms with van der Waals surface area (Å²) in [4.78, 5) is 0. The van der Waals surface area contributed by atoms with E-state index < -0.39 is 0 Å². The van der Waals surface area contributed by atoms with Gasteiger partial charge < -0.3 is 14.8 Å². The number of rotatable bonds is 6. The fraction of sp³-hybridized carbons (Fsp3) is 0.600. The molecule has 0 aromatic heterocycles. The third-order valence-electron chi connectivity index (χ3n) is 3.56. The number of ether oxygens (including phenoxy) is 2. The summed E-state index contributed by atoms with van der Waals surface area (Å²) in [5.74, 6) is 1.63. The molecule has 18 heavy (non-hydrogen) atoms. The summed E-state index contributed by atoms with van der Waals surface area (Å²) >= 11 is 0. The smallest absolute Gasteiger partial charge is 0.123 e. The lowest BCUT2D eigenvalue weighted by molar-refractivity contribution is 0.178. The fourth-order valence-corrected chi connectivity index (χ4v) is 2.33. The zero-order valence-corrected chi connectivity index (χ0v) is 11.3. The maximum Gasteiger partial charge on any atom is 0.123 e. The molecule has 100 valence electrons. The van der Waals surface area contributed by atoms with Crippen molar-refractivity contribution in [2.75, 3.05) is 19.8 Å². The van der Waals surface area contributed by atoms with Gasteiger partial charge in [0.1, 0.15) is 5.75 Å². The van der Waals surface area contributed by atoms with Gasteiger partial charge in [-0.1, -0.05) is 18.2 Å². The van der Waals surface area contributed by atoms with E-state index in [0.29, 0.717) is 18.6 Å². The van der Waals surface area contributed by atoms with E-state index in [1.807, 2.05) is 19.1 Å². The van der Waals surface area contributed by atoms with Crippen LogP contribution < -0.4 is 10.1 Å². The van der Waals surface area contributed by atoms with Crippen molar-refractivity contribution in [3.05, 3.63) is 29.8 Å². The van der Waals surface area contributed by atoms with E-state index in [1.165, 1.54) is 12.0 Å². The molecule has 0 aliphatic carbocycles. The van der Waals surface area contributed by atoms with Gasteiger partial charge in [-0.15, -0.1) is 0 Å².